The van der Waals surface area contributed by atoms with E-state index in [0.717, 1.165) is 11.3 Å². The van der Waals surface area contributed by atoms with Crippen LogP contribution in [0, 0.1) is 0 Å². The molecule has 0 saturated carbocycles. The topological polar surface area (TPSA) is 27.7 Å². The van der Waals surface area contributed by atoms with E-state index in [2.05, 4.69) is 0 Å². The molecular formula is C11H13ClO3. The fourth-order valence-corrected chi connectivity index (χ4v) is 1.86. The van der Waals surface area contributed by atoms with Crippen molar-refractivity contribution in [2.24, 2.45) is 0 Å². The highest BCUT2D eigenvalue weighted by Gasteiger charge is 2.35. The predicted molar refractivity (Wildman–Crippen MR) is 57.5 cm³/mol. The van der Waals surface area contributed by atoms with Crippen LogP contribution < -0.4 is 4.74 Å². The molecule has 0 aliphatic carbocycles. The molecule has 2 rings (SSSR count). The van der Waals surface area contributed by atoms with E-state index < -0.39 is 0 Å². The lowest BCUT2D eigenvalue weighted by molar-refractivity contribution is -0.180. The van der Waals surface area contributed by atoms with Crippen LogP contribution >= 0.6 is 11.6 Å². The first-order valence-corrected chi connectivity index (χ1v) is 5.12. The van der Waals surface area contributed by atoms with Crippen LogP contribution in [-0.4, -0.2) is 26.9 Å². The van der Waals surface area contributed by atoms with E-state index in [1.165, 1.54) is 0 Å². The molecule has 82 valence electrons. The molecule has 15 heavy (non-hydrogen) atoms. The van der Waals surface area contributed by atoms with Gasteiger partial charge in [-0.3, -0.25) is 0 Å². The minimum atomic E-state index is -0.0661. The van der Waals surface area contributed by atoms with Crippen molar-refractivity contribution in [2.45, 2.75) is 12.2 Å². The van der Waals surface area contributed by atoms with Gasteiger partial charge in [-0.1, -0.05) is 11.6 Å². The second-order valence-electron chi connectivity index (χ2n) is 3.41. The molecule has 0 spiro atoms. The Bertz CT molecular complexity index is 352. The molecule has 1 aliphatic rings. The molecule has 0 amide bonds. The van der Waals surface area contributed by atoms with Gasteiger partial charge in [-0.05, 0) is 18.2 Å². The Balaban J connectivity index is 2.29. The highest BCUT2D eigenvalue weighted by Crippen LogP contribution is 2.38. The summed E-state index contributed by atoms with van der Waals surface area (Å²) in [5.41, 5.74) is 0.947. The molecule has 2 atom stereocenters. The third-order valence-corrected chi connectivity index (χ3v) is 2.81. The third kappa shape index (κ3) is 1.95. The van der Waals surface area contributed by atoms with Gasteiger partial charge in [-0.2, -0.15) is 0 Å². The summed E-state index contributed by atoms with van der Waals surface area (Å²) >= 11 is 5.94. The first-order valence-electron chi connectivity index (χ1n) is 4.74. The zero-order chi connectivity index (χ0) is 10.8. The minimum absolute atomic E-state index is 0.0661. The Labute approximate surface area is 93.9 Å². The van der Waals surface area contributed by atoms with Crippen molar-refractivity contribution >= 4 is 11.6 Å². The summed E-state index contributed by atoms with van der Waals surface area (Å²) < 4.78 is 16.0. The molecule has 1 heterocycles. The molecule has 1 aromatic rings. The Morgan fingerprint density at radius 1 is 1.40 bits per heavy atom. The number of hydrogen-bond donors (Lipinski definition) is 0. The van der Waals surface area contributed by atoms with Gasteiger partial charge in [0.25, 0.3) is 0 Å². The maximum Gasteiger partial charge on any atom is 0.124 e. The summed E-state index contributed by atoms with van der Waals surface area (Å²) in [6, 6.07) is 5.49. The van der Waals surface area contributed by atoms with Crippen LogP contribution in [0.25, 0.3) is 0 Å². The molecule has 0 bridgehead atoms. The van der Waals surface area contributed by atoms with Crippen LogP contribution in [0.1, 0.15) is 11.7 Å². The lowest BCUT2D eigenvalue weighted by atomic mass is 9.99. The molecule has 1 fully saturated rings. The molecule has 0 aromatic heterocycles. The molecule has 1 saturated heterocycles. The fourth-order valence-electron chi connectivity index (χ4n) is 1.68. The average molecular weight is 229 g/mol. The van der Waals surface area contributed by atoms with Crippen molar-refractivity contribution in [1.82, 2.24) is 0 Å². The van der Waals surface area contributed by atoms with Crippen molar-refractivity contribution in [1.29, 1.82) is 0 Å². The van der Waals surface area contributed by atoms with Gasteiger partial charge in [0.2, 0.25) is 0 Å². The van der Waals surface area contributed by atoms with Crippen LogP contribution in [0.5, 0.6) is 5.75 Å². The van der Waals surface area contributed by atoms with Crippen molar-refractivity contribution in [3.63, 3.8) is 0 Å². The molecule has 2 unspecified atom stereocenters. The zero-order valence-electron chi connectivity index (χ0n) is 8.70. The highest BCUT2D eigenvalue weighted by molar-refractivity contribution is 6.30. The maximum absolute atomic E-state index is 5.94. The van der Waals surface area contributed by atoms with Crippen molar-refractivity contribution in [3.8, 4) is 5.75 Å². The Morgan fingerprint density at radius 3 is 2.73 bits per heavy atom. The van der Waals surface area contributed by atoms with Gasteiger partial charge in [0.15, 0.2) is 0 Å². The summed E-state index contributed by atoms with van der Waals surface area (Å²) in [5, 5.41) is 0.677. The van der Waals surface area contributed by atoms with E-state index in [4.69, 9.17) is 25.8 Å². The largest absolute Gasteiger partial charge is 0.496 e. The normalized spacial score (nSPS) is 24.7. The first kappa shape index (κ1) is 10.7. The smallest absolute Gasteiger partial charge is 0.124 e. The van der Waals surface area contributed by atoms with E-state index in [-0.39, 0.29) is 12.2 Å². The van der Waals surface area contributed by atoms with Crippen molar-refractivity contribution in [3.05, 3.63) is 28.8 Å². The van der Waals surface area contributed by atoms with Crippen LogP contribution in [0.4, 0.5) is 0 Å². The van der Waals surface area contributed by atoms with Gasteiger partial charge >= 0.3 is 0 Å². The molecule has 4 heteroatoms. The second-order valence-corrected chi connectivity index (χ2v) is 3.85. The highest BCUT2D eigenvalue weighted by atomic mass is 35.5. The molecule has 3 nitrogen and oxygen atoms in total. The maximum atomic E-state index is 5.94. The monoisotopic (exact) mass is 228 g/mol. The second kappa shape index (κ2) is 4.39. The standard InChI is InChI=1S/C11H13ClO3/c1-13-9-4-3-7(12)5-8(9)11-10(14-2)6-15-11/h3-5,10-11H,6H2,1-2H3. The quantitative estimate of drug-likeness (QED) is 0.795. The number of halogens is 1. The van der Waals surface area contributed by atoms with Gasteiger partial charge in [-0.15, -0.1) is 0 Å². The SMILES string of the molecule is COc1ccc(Cl)cc1C1OCC1OC. The number of benzene rings is 1. The Kier molecular flexibility index (Phi) is 3.14. The van der Waals surface area contributed by atoms with E-state index in [1.54, 1.807) is 20.3 Å². The van der Waals surface area contributed by atoms with Gasteiger partial charge in [-0.25, -0.2) is 0 Å². The minimum Gasteiger partial charge on any atom is -0.496 e. The lowest BCUT2D eigenvalue weighted by Gasteiger charge is -2.36. The van der Waals surface area contributed by atoms with E-state index in [9.17, 15) is 0 Å². The zero-order valence-corrected chi connectivity index (χ0v) is 9.45. The van der Waals surface area contributed by atoms with Gasteiger partial charge in [0, 0.05) is 17.7 Å². The summed E-state index contributed by atoms with van der Waals surface area (Å²) in [5.74, 6) is 0.783. The number of hydrogen-bond acceptors (Lipinski definition) is 3. The molecule has 1 aromatic carbocycles. The van der Waals surface area contributed by atoms with Gasteiger partial charge in [0.05, 0.1) is 13.7 Å². The lowest BCUT2D eigenvalue weighted by Crippen LogP contribution is -2.39. The van der Waals surface area contributed by atoms with E-state index >= 15 is 0 Å². The Hall–Kier alpha value is -0.770. The number of ether oxygens (including phenoxy) is 3. The van der Waals surface area contributed by atoms with E-state index in [0.29, 0.717) is 11.6 Å². The summed E-state index contributed by atoms with van der Waals surface area (Å²) in [4.78, 5) is 0. The molecule has 0 N–H and O–H groups in total. The average Bonchev–Trinajstić information content (AvgIpc) is 2.17. The summed E-state index contributed by atoms with van der Waals surface area (Å²) in [6.45, 7) is 0.622. The van der Waals surface area contributed by atoms with Crippen LogP contribution in [0.3, 0.4) is 0 Å². The van der Waals surface area contributed by atoms with Crippen molar-refractivity contribution in [2.75, 3.05) is 20.8 Å². The van der Waals surface area contributed by atoms with Gasteiger partial charge in [0.1, 0.15) is 18.0 Å². The number of methoxy groups -OCH3 is 2. The summed E-state index contributed by atoms with van der Waals surface area (Å²) in [6.07, 6.45) is 0.0287. The van der Waals surface area contributed by atoms with E-state index in [1.807, 2.05) is 12.1 Å². The van der Waals surface area contributed by atoms with Crippen molar-refractivity contribution < 1.29 is 14.2 Å². The number of rotatable bonds is 3. The molecular weight excluding hydrogens is 216 g/mol. The van der Waals surface area contributed by atoms with Crippen LogP contribution in [0.15, 0.2) is 18.2 Å². The predicted octanol–water partition coefficient (Wildman–Crippen LogP) is 2.43. The Morgan fingerprint density at radius 2 is 2.20 bits per heavy atom. The fraction of sp³-hybridized carbons (Fsp3) is 0.455. The van der Waals surface area contributed by atoms with Gasteiger partial charge < -0.3 is 14.2 Å². The summed E-state index contributed by atoms with van der Waals surface area (Å²) in [7, 11) is 3.31. The third-order valence-electron chi connectivity index (χ3n) is 2.58. The molecule has 0 radical (unpaired) electrons. The van der Waals surface area contributed by atoms with Crippen LogP contribution in [0.2, 0.25) is 5.02 Å². The van der Waals surface area contributed by atoms with Crippen LogP contribution in [-0.2, 0) is 9.47 Å². The molecule has 1 aliphatic heterocycles. The first-order chi connectivity index (χ1) is 7.26.